The fourth-order valence-electron chi connectivity index (χ4n) is 3.41. The molecule has 0 aromatic heterocycles. The molecule has 1 unspecified atom stereocenters. The van der Waals surface area contributed by atoms with E-state index in [1.165, 1.54) is 5.56 Å². The number of carbonyl (C=O) groups excluding carboxylic acids is 1. The molecule has 7 heteroatoms. The summed E-state index contributed by atoms with van der Waals surface area (Å²) in [6, 6.07) is 7.00. The average Bonchev–Trinajstić information content (AvgIpc) is 2.65. The van der Waals surface area contributed by atoms with E-state index in [4.69, 9.17) is 9.47 Å². The Morgan fingerprint density at radius 1 is 1.07 bits per heavy atom. The van der Waals surface area contributed by atoms with Crippen LogP contribution in [0.25, 0.3) is 0 Å². The number of nitrogens with one attached hydrogen (secondary N) is 2. The van der Waals surface area contributed by atoms with Crippen LogP contribution in [0.3, 0.4) is 0 Å². The number of hydrogen-bond donors (Lipinski definition) is 2. The van der Waals surface area contributed by atoms with Crippen molar-refractivity contribution >= 4 is 11.6 Å². The zero-order valence-electron chi connectivity index (χ0n) is 16.1. The van der Waals surface area contributed by atoms with Gasteiger partial charge in [-0.15, -0.1) is 0 Å². The maximum atomic E-state index is 13.7. The molecule has 1 amide bonds. The molecule has 0 bridgehead atoms. The Kier molecular flexibility index (Phi) is 6.46. The van der Waals surface area contributed by atoms with Gasteiger partial charge in [0.05, 0.1) is 25.4 Å². The van der Waals surface area contributed by atoms with Crippen LogP contribution in [-0.4, -0.2) is 32.2 Å². The largest absolute Gasteiger partial charge is 0.490 e. The molecule has 0 saturated carbocycles. The summed E-state index contributed by atoms with van der Waals surface area (Å²) in [5, 5.41) is 2.46. The Morgan fingerprint density at radius 3 is 2.43 bits per heavy atom. The highest BCUT2D eigenvalue weighted by Gasteiger charge is 2.24. The normalized spacial score (nSPS) is 15.6. The molecule has 2 aromatic carbocycles. The minimum atomic E-state index is -0.654. The predicted molar refractivity (Wildman–Crippen MR) is 102 cm³/mol. The van der Waals surface area contributed by atoms with E-state index in [-0.39, 0.29) is 18.1 Å². The average molecular weight is 391 g/mol. The molecule has 0 saturated heterocycles. The quantitative estimate of drug-likeness (QED) is 0.762. The second-order valence-corrected chi connectivity index (χ2v) is 6.71. The second kappa shape index (κ2) is 9.01. The number of carbonyl (C=O) groups is 1. The molecule has 2 N–H and O–H groups in total. The molecule has 1 aliphatic heterocycles. The van der Waals surface area contributed by atoms with Crippen LogP contribution >= 0.6 is 0 Å². The van der Waals surface area contributed by atoms with Crippen molar-refractivity contribution in [2.75, 3.05) is 31.6 Å². The summed E-state index contributed by atoms with van der Waals surface area (Å²) < 4.78 is 38.3. The maximum Gasteiger partial charge on any atom is 0.279 e. The van der Waals surface area contributed by atoms with Crippen molar-refractivity contribution in [1.29, 1.82) is 0 Å². The van der Waals surface area contributed by atoms with Crippen molar-refractivity contribution < 1.29 is 27.9 Å². The van der Waals surface area contributed by atoms with Crippen molar-refractivity contribution in [2.24, 2.45) is 0 Å². The van der Waals surface area contributed by atoms with Crippen molar-refractivity contribution in [3.05, 3.63) is 53.1 Å². The van der Waals surface area contributed by atoms with Gasteiger partial charge in [-0.1, -0.05) is 0 Å². The molecule has 0 aliphatic carbocycles. The van der Waals surface area contributed by atoms with Crippen LogP contribution in [0, 0.1) is 11.6 Å². The number of anilines is 1. The molecule has 0 radical (unpaired) electrons. The Bertz CT molecular complexity index is 858. The molecule has 0 spiro atoms. The van der Waals surface area contributed by atoms with Gasteiger partial charge >= 0.3 is 0 Å². The summed E-state index contributed by atoms with van der Waals surface area (Å²) >= 11 is 0. The van der Waals surface area contributed by atoms with Gasteiger partial charge < -0.3 is 19.7 Å². The Labute approximate surface area is 163 Å². The van der Waals surface area contributed by atoms with Crippen LogP contribution in [0.5, 0.6) is 11.5 Å². The minimum absolute atomic E-state index is 0.137. The van der Waals surface area contributed by atoms with Crippen LogP contribution in [0.4, 0.5) is 14.5 Å². The third-order valence-corrected chi connectivity index (χ3v) is 4.67. The zero-order chi connectivity index (χ0) is 20.1. The Balaban J connectivity index is 1.68. The summed E-state index contributed by atoms with van der Waals surface area (Å²) in [4.78, 5) is 13.3. The summed E-state index contributed by atoms with van der Waals surface area (Å²) in [7, 11) is 0. The number of amides is 1. The fourth-order valence-corrected chi connectivity index (χ4v) is 3.41. The summed E-state index contributed by atoms with van der Waals surface area (Å²) in [5.74, 6) is -0.150. The predicted octanol–water partition coefficient (Wildman–Crippen LogP) is 2.34. The zero-order valence-corrected chi connectivity index (χ0v) is 16.1. The van der Waals surface area contributed by atoms with Gasteiger partial charge in [-0.3, -0.25) is 4.79 Å². The van der Waals surface area contributed by atoms with Crippen LogP contribution in [0.1, 0.15) is 25.0 Å². The fraction of sp³-hybridized carbons (Fsp3) is 0.381. The minimum Gasteiger partial charge on any atom is -0.490 e. The highest BCUT2D eigenvalue weighted by atomic mass is 19.1. The SMILES string of the molecule is CCOc1cc2c(cc1OCC)C[NH+](CC(=O)Nc1cc(F)ccc1F)CC2. The van der Waals surface area contributed by atoms with Crippen molar-refractivity contribution in [1.82, 2.24) is 0 Å². The van der Waals surface area contributed by atoms with Crippen molar-refractivity contribution in [3.63, 3.8) is 0 Å². The summed E-state index contributed by atoms with van der Waals surface area (Å²) in [6.45, 7) is 6.55. The molecule has 28 heavy (non-hydrogen) atoms. The number of quaternary nitrogens is 1. The van der Waals surface area contributed by atoms with Crippen molar-refractivity contribution in [2.45, 2.75) is 26.8 Å². The van der Waals surface area contributed by atoms with E-state index in [0.29, 0.717) is 25.5 Å². The number of ether oxygens (including phenoxy) is 2. The van der Waals surface area contributed by atoms with Crippen LogP contribution in [0.2, 0.25) is 0 Å². The molecule has 1 aliphatic rings. The standard InChI is InChI=1S/C21H24F2N2O3/c1-3-27-19-9-14-7-8-25(12-15(14)10-20(19)28-4-2)13-21(26)24-18-11-16(22)5-6-17(18)23/h5-6,9-11H,3-4,7-8,12-13H2,1-2H3,(H,24,26)/p+1. The van der Waals surface area contributed by atoms with Gasteiger partial charge in [0.1, 0.15) is 18.2 Å². The first kappa shape index (κ1) is 20.1. The lowest BCUT2D eigenvalue weighted by Gasteiger charge is -2.26. The number of hydrogen-bond acceptors (Lipinski definition) is 3. The maximum absolute atomic E-state index is 13.7. The highest BCUT2D eigenvalue weighted by molar-refractivity contribution is 5.91. The monoisotopic (exact) mass is 391 g/mol. The highest BCUT2D eigenvalue weighted by Crippen LogP contribution is 2.32. The first-order chi connectivity index (χ1) is 13.5. The van der Waals surface area contributed by atoms with Crippen LogP contribution in [-0.2, 0) is 17.8 Å². The number of benzene rings is 2. The molecular weight excluding hydrogens is 366 g/mol. The second-order valence-electron chi connectivity index (χ2n) is 6.71. The molecule has 150 valence electrons. The Hall–Kier alpha value is -2.67. The van der Waals surface area contributed by atoms with Gasteiger partial charge in [0.15, 0.2) is 18.0 Å². The van der Waals surface area contributed by atoms with Crippen LogP contribution in [0.15, 0.2) is 30.3 Å². The lowest BCUT2D eigenvalue weighted by atomic mass is 9.98. The topological polar surface area (TPSA) is 52.0 Å². The number of rotatable bonds is 7. The molecule has 1 heterocycles. The lowest BCUT2D eigenvalue weighted by Crippen LogP contribution is -3.12. The molecule has 2 aromatic rings. The lowest BCUT2D eigenvalue weighted by molar-refractivity contribution is -0.907. The molecule has 3 rings (SSSR count). The third kappa shape index (κ3) is 4.78. The van der Waals surface area contributed by atoms with Gasteiger partial charge in [0.25, 0.3) is 5.91 Å². The van der Waals surface area contributed by atoms with E-state index in [9.17, 15) is 13.6 Å². The summed E-state index contributed by atoms with van der Waals surface area (Å²) in [6.07, 6.45) is 0.804. The van der Waals surface area contributed by atoms with Crippen LogP contribution < -0.4 is 19.7 Å². The van der Waals surface area contributed by atoms with Crippen molar-refractivity contribution in [3.8, 4) is 11.5 Å². The molecule has 0 fully saturated rings. The first-order valence-electron chi connectivity index (χ1n) is 9.50. The summed E-state index contributed by atoms with van der Waals surface area (Å²) in [5.41, 5.74) is 2.16. The van der Waals surface area contributed by atoms with E-state index in [2.05, 4.69) is 5.32 Å². The van der Waals surface area contributed by atoms with Gasteiger partial charge in [0.2, 0.25) is 0 Å². The van der Waals surface area contributed by atoms with Gasteiger partial charge in [-0.05, 0) is 43.7 Å². The molecular formula is C21H25F2N2O3+. The first-order valence-corrected chi connectivity index (χ1v) is 9.50. The number of halogens is 2. The molecule has 5 nitrogen and oxygen atoms in total. The van der Waals surface area contributed by atoms with E-state index in [1.807, 2.05) is 26.0 Å². The van der Waals surface area contributed by atoms with Gasteiger partial charge in [-0.25, -0.2) is 8.78 Å². The van der Waals surface area contributed by atoms with E-state index in [0.717, 1.165) is 47.4 Å². The van der Waals surface area contributed by atoms with E-state index < -0.39 is 11.6 Å². The smallest absolute Gasteiger partial charge is 0.279 e. The van der Waals surface area contributed by atoms with E-state index in [1.54, 1.807) is 0 Å². The van der Waals surface area contributed by atoms with E-state index >= 15 is 0 Å². The number of fused-ring (bicyclic) bond motifs is 1. The van der Waals surface area contributed by atoms with Gasteiger partial charge in [0, 0.05) is 18.1 Å². The molecule has 1 atom stereocenters. The Morgan fingerprint density at radius 2 is 1.75 bits per heavy atom. The van der Waals surface area contributed by atoms with Gasteiger partial charge in [-0.2, -0.15) is 0 Å². The third-order valence-electron chi connectivity index (χ3n) is 4.67.